The monoisotopic (exact) mass is 285 g/mol. The second kappa shape index (κ2) is 7.70. The van der Waals surface area contributed by atoms with E-state index in [-0.39, 0.29) is 0 Å². The average molecular weight is 285 g/mol. The largest absolute Gasteiger partial charge is 0.490 e. The zero-order chi connectivity index (χ0) is 15.1. The minimum atomic E-state index is 0.549. The molecule has 112 valence electrons. The molecule has 0 aliphatic carbocycles. The average Bonchev–Trinajstić information content (AvgIpc) is 2.49. The third-order valence-corrected chi connectivity index (χ3v) is 3.36. The minimum Gasteiger partial charge on any atom is -0.490 e. The predicted molar refractivity (Wildman–Crippen MR) is 85.9 cm³/mol. The van der Waals surface area contributed by atoms with Crippen LogP contribution in [0.4, 0.5) is 0 Å². The summed E-state index contributed by atoms with van der Waals surface area (Å²) in [4.78, 5) is 0. The first-order valence-electron chi connectivity index (χ1n) is 7.32. The van der Waals surface area contributed by atoms with Crippen LogP contribution in [-0.4, -0.2) is 13.7 Å². The highest BCUT2D eigenvalue weighted by molar-refractivity contribution is 5.47. The predicted octanol–water partition coefficient (Wildman–Crippen LogP) is 3.69. The Hall–Kier alpha value is -2.00. The van der Waals surface area contributed by atoms with E-state index in [4.69, 9.17) is 9.47 Å². The Morgan fingerprint density at radius 1 is 0.952 bits per heavy atom. The summed E-state index contributed by atoms with van der Waals surface area (Å²) in [6.45, 7) is 6.01. The van der Waals surface area contributed by atoms with Crippen molar-refractivity contribution in [3.63, 3.8) is 0 Å². The van der Waals surface area contributed by atoms with Crippen LogP contribution in [0.2, 0.25) is 0 Å². The van der Waals surface area contributed by atoms with Crippen LogP contribution in [0, 0.1) is 6.92 Å². The molecule has 21 heavy (non-hydrogen) atoms. The van der Waals surface area contributed by atoms with Gasteiger partial charge in [0.25, 0.3) is 0 Å². The summed E-state index contributed by atoms with van der Waals surface area (Å²) in [5.74, 6) is 1.63. The van der Waals surface area contributed by atoms with E-state index in [1.54, 1.807) is 0 Å². The molecule has 0 fully saturated rings. The Bertz CT molecular complexity index is 557. The number of nitrogens with one attached hydrogen (secondary N) is 1. The van der Waals surface area contributed by atoms with Crippen LogP contribution in [-0.2, 0) is 13.2 Å². The van der Waals surface area contributed by atoms with Crippen molar-refractivity contribution in [2.45, 2.75) is 27.0 Å². The van der Waals surface area contributed by atoms with Gasteiger partial charge >= 0.3 is 0 Å². The number of benzene rings is 2. The molecule has 0 aliphatic heterocycles. The van der Waals surface area contributed by atoms with E-state index >= 15 is 0 Å². The van der Waals surface area contributed by atoms with Gasteiger partial charge in [-0.2, -0.15) is 0 Å². The van der Waals surface area contributed by atoms with Crippen LogP contribution in [0.25, 0.3) is 0 Å². The molecular weight excluding hydrogens is 262 g/mol. The summed E-state index contributed by atoms with van der Waals surface area (Å²) in [5, 5.41) is 3.17. The quantitative estimate of drug-likeness (QED) is 0.841. The van der Waals surface area contributed by atoms with E-state index in [0.717, 1.165) is 23.6 Å². The molecule has 0 unspecified atom stereocenters. The van der Waals surface area contributed by atoms with Gasteiger partial charge in [0, 0.05) is 12.1 Å². The van der Waals surface area contributed by atoms with E-state index in [1.807, 2.05) is 38.2 Å². The molecule has 0 aromatic heterocycles. The lowest BCUT2D eigenvalue weighted by Crippen LogP contribution is -2.09. The molecule has 0 spiro atoms. The summed E-state index contributed by atoms with van der Waals surface area (Å²) >= 11 is 0. The Labute approximate surface area is 126 Å². The molecule has 0 saturated carbocycles. The summed E-state index contributed by atoms with van der Waals surface area (Å²) in [7, 11) is 1.93. The molecule has 2 aromatic rings. The van der Waals surface area contributed by atoms with Crippen molar-refractivity contribution in [2.75, 3.05) is 13.7 Å². The normalized spacial score (nSPS) is 10.4. The number of ether oxygens (including phenoxy) is 2. The highest BCUT2D eigenvalue weighted by Gasteiger charge is 2.11. The van der Waals surface area contributed by atoms with E-state index in [1.165, 1.54) is 11.1 Å². The van der Waals surface area contributed by atoms with Crippen molar-refractivity contribution in [3.8, 4) is 11.5 Å². The number of para-hydroxylation sites is 1. The molecule has 3 heteroatoms. The van der Waals surface area contributed by atoms with Gasteiger partial charge in [0.2, 0.25) is 0 Å². The van der Waals surface area contributed by atoms with Gasteiger partial charge in [-0.15, -0.1) is 0 Å². The summed E-state index contributed by atoms with van der Waals surface area (Å²) in [5.41, 5.74) is 3.54. The smallest absolute Gasteiger partial charge is 0.166 e. The molecule has 3 nitrogen and oxygen atoms in total. The maximum atomic E-state index is 6.08. The molecule has 0 amide bonds. The Kier molecular flexibility index (Phi) is 5.64. The molecule has 0 aliphatic rings. The summed E-state index contributed by atoms with van der Waals surface area (Å²) in [6.07, 6.45) is 0. The number of hydrogen-bond acceptors (Lipinski definition) is 3. The molecule has 2 rings (SSSR count). The first-order chi connectivity index (χ1) is 10.3. The molecule has 0 radical (unpaired) electrons. The van der Waals surface area contributed by atoms with Gasteiger partial charge in [-0.25, -0.2) is 0 Å². The maximum absolute atomic E-state index is 6.08. The fourth-order valence-corrected chi connectivity index (χ4v) is 2.25. The minimum absolute atomic E-state index is 0.549. The van der Waals surface area contributed by atoms with E-state index in [0.29, 0.717) is 13.2 Å². The molecule has 0 heterocycles. The SMILES string of the molecule is CCOc1cccc(CNC)c1OCc1ccccc1C. The van der Waals surface area contributed by atoms with Gasteiger partial charge in [-0.3, -0.25) is 0 Å². The highest BCUT2D eigenvalue weighted by Crippen LogP contribution is 2.32. The molecule has 1 N–H and O–H groups in total. The third kappa shape index (κ3) is 3.99. The van der Waals surface area contributed by atoms with Crippen LogP contribution in [0.5, 0.6) is 11.5 Å². The van der Waals surface area contributed by atoms with Crippen LogP contribution in [0.1, 0.15) is 23.6 Å². The summed E-state index contributed by atoms with van der Waals surface area (Å²) in [6, 6.07) is 14.3. The van der Waals surface area contributed by atoms with Gasteiger partial charge in [0.05, 0.1) is 6.61 Å². The molecule has 0 atom stereocenters. The van der Waals surface area contributed by atoms with E-state index in [9.17, 15) is 0 Å². The number of hydrogen-bond donors (Lipinski definition) is 1. The van der Waals surface area contributed by atoms with E-state index in [2.05, 4.69) is 30.4 Å². The van der Waals surface area contributed by atoms with Gasteiger partial charge < -0.3 is 14.8 Å². The van der Waals surface area contributed by atoms with Crippen LogP contribution >= 0.6 is 0 Å². The standard InChI is InChI=1S/C18H23NO2/c1-4-20-17-11-7-10-15(12-19-3)18(17)21-13-16-9-6-5-8-14(16)2/h5-11,19H,4,12-13H2,1-3H3. The second-order valence-corrected chi connectivity index (χ2v) is 4.92. The van der Waals surface area contributed by atoms with Gasteiger partial charge in [-0.05, 0) is 38.1 Å². The molecule has 2 aromatic carbocycles. The fourth-order valence-electron chi connectivity index (χ4n) is 2.25. The lowest BCUT2D eigenvalue weighted by Gasteiger charge is -2.16. The Balaban J connectivity index is 2.22. The van der Waals surface area contributed by atoms with Gasteiger partial charge in [0.1, 0.15) is 6.61 Å². The van der Waals surface area contributed by atoms with Crippen LogP contribution < -0.4 is 14.8 Å². The Morgan fingerprint density at radius 3 is 2.43 bits per heavy atom. The van der Waals surface area contributed by atoms with Crippen molar-refractivity contribution in [1.82, 2.24) is 5.32 Å². The Morgan fingerprint density at radius 2 is 1.71 bits per heavy atom. The van der Waals surface area contributed by atoms with Crippen LogP contribution in [0.3, 0.4) is 0 Å². The molecular formula is C18H23NO2. The zero-order valence-electron chi connectivity index (χ0n) is 13.0. The van der Waals surface area contributed by atoms with Crippen molar-refractivity contribution in [1.29, 1.82) is 0 Å². The summed E-state index contributed by atoms with van der Waals surface area (Å²) < 4.78 is 11.8. The fraction of sp³-hybridized carbons (Fsp3) is 0.333. The molecule has 0 saturated heterocycles. The van der Waals surface area contributed by atoms with Crippen molar-refractivity contribution >= 4 is 0 Å². The highest BCUT2D eigenvalue weighted by atomic mass is 16.5. The first kappa shape index (κ1) is 15.4. The second-order valence-electron chi connectivity index (χ2n) is 4.92. The third-order valence-electron chi connectivity index (χ3n) is 3.36. The van der Waals surface area contributed by atoms with Crippen LogP contribution in [0.15, 0.2) is 42.5 Å². The van der Waals surface area contributed by atoms with Crippen molar-refractivity contribution in [3.05, 3.63) is 59.2 Å². The van der Waals surface area contributed by atoms with Gasteiger partial charge in [0.15, 0.2) is 11.5 Å². The number of aryl methyl sites for hydroxylation is 1. The van der Waals surface area contributed by atoms with E-state index < -0.39 is 0 Å². The lowest BCUT2D eigenvalue weighted by molar-refractivity contribution is 0.266. The first-order valence-corrected chi connectivity index (χ1v) is 7.32. The van der Waals surface area contributed by atoms with Crippen molar-refractivity contribution in [2.24, 2.45) is 0 Å². The lowest BCUT2D eigenvalue weighted by atomic mass is 10.1. The molecule has 0 bridgehead atoms. The van der Waals surface area contributed by atoms with Crippen molar-refractivity contribution < 1.29 is 9.47 Å². The number of rotatable bonds is 7. The van der Waals surface area contributed by atoms with Gasteiger partial charge in [-0.1, -0.05) is 36.4 Å². The zero-order valence-corrected chi connectivity index (χ0v) is 13.0. The maximum Gasteiger partial charge on any atom is 0.166 e. The topological polar surface area (TPSA) is 30.5 Å².